The van der Waals surface area contributed by atoms with Crippen LogP contribution in [-0.2, 0) is 0 Å². The number of hydrogen-bond donors (Lipinski definition) is 2. The molecule has 2 atom stereocenters. The molecule has 2 N–H and O–H groups in total. The summed E-state index contributed by atoms with van der Waals surface area (Å²) in [7, 11) is 0. The number of carbonyl (C=O) groups excluding carboxylic acids is 1. The van der Waals surface area contributed by atoms with Crippen molar-refractivity contribution in [3.63, 3.8) is 0 Å². The first-order valence-electron chi connectivity index (χ1n) is 5.93. The van der Waals surface area contributed by atoms with Crippen molar-refractivity contribution in [2.24, 2.45) is 5.92 Å². The van der Waals surface area contributed by atoms with Gasteiger partial charge in [-0.15, -0.1) is 0 Å². The first kappa shape index (κ1) is 12.0. The minimum absolute atomic E-state index is 0.0888. The van der Waals surface area contributed by atoms with Crippen molar-refractivity contribution >= 4 is 5.91 Å². The maximum atomic E-state index is 13.4. The van der Waals surface area contributed by atoms with E-state index < -0.39 is 5.82 Å². The lowest BCUT2D eigenvalue weighted by Gasteiger charge is -2.28. The zero-order valence-corrected chi connectivity index (χ0v) is 9.87. The molecule has 1 aliphatic rings. The standard InChI is InChI=1S/C13H17FN2O/c1-9-6-10(8-15-7-9)16-13(17)11-4-2-3-5-12(11)14/h2-5,9-10,15H,6-8H2,1H3,(H,16,17). The number of rotatable bonds is 2. The summed E-state index contributed by atoms with van der Waals surface area (Å²) in [5, 5.41) is 6.11. The third kappa shape index (κ3) is 3.03. The number of carbonyl (C=O) groups is 1. The van der Waals surface area contributed by atoms with Crippen LogP contribution in [-0.4, -0.2) is 25.0 Å². The minimum Gasteiger partial charge on any atom is -0.348 e. The zero-order chi connectivity index (χ0) is 12.3. The molecule has 2 rings (SSSR count). The molecule has 17 heavy (non-hydrogen) atoms. The summed E-state index contributed by atoms with van der Waals surface area (Å²) in [6, 6.07) is 6.14. The SMILES string of the molecule is CC1CNCC(NC(=O)c2ccccc2F)C1. The van der Waals surface area contributed by atoms with Crippen LogP contribution in [0.1, 0.15) is 23.7 Å². The van der Waals surface area contributed by atoms with Crippen molar-refractivity contribution in [1.29, 1.82) is 0 Å². The smallest absolute Gasteiger partial charge is 0.254 e. The van der Waals surface area contributed by atoms with E-state index in [1.165, 1.54) is 12.1 Å². The van der Waals surface area contributed by atoms with Gasteiger partial charge in [0.05, 0.1) is 5.56 Å². The van der Waals surface area contributed by atoms with Gasteiger partial charge in [-0.1, -0.05) is 19.1 Å². The van der Waals surface area contributed by atoms with E-state index in [4.69, 9.17) is 0 Å². The van der Waals surface area contributed by atoms with Crippen LogP contribution < -0.4 is 10.6 Å². The number of nitrogens with one attached hydrogen (secondary N) is 2. The summed E-state index contributed by atoms with van der Waals surface area (Å²) >= 11 is 0. The predicted molar refractivity (Wildman–Crippen MR) is 64.3 cm³/mol. The highest BCUT2D eigenvalue weighted by atomic mass is 19.1. The van der Waals surface area contributed by atoms with Gasteiger partial charge in [-0.25, -0.2) is 4.39 Å². The first-order chi connectivity index (χ1) is 8.16. The second-order valence-corrected chi connectivity index (χ2v) is 4.65. The van der Waals surface area contributed by atoms with E-state index >= 15 is 0 Å². The van der Waals surface area contributed by atoms with Gasteiger partial charge in [0, 0.05) is 12.6 Å². The third-order valence-electron chi connectivity index (χ3n) is 3.02. The Bertz CT molecular complexity index is 408. The van der Waals surface area contributed by atoms with Crippen LogP contribution in [0.2, 0.25) is 0 Å². The lowest BCUT2D eigenvalue weighted by atomic mass is 9.97. The number of benzene rings is 1. The molecular weight excluding hydrogens is 219 g/mol. The summed E-state index contributed by atoms with van der Waals surface area (Å²) in [5.41, 5.74) is 0.116. The molecule has 1 amide bonds. The van der Waals surface area contributed by atoms with Gasteiger partial charge >= 0.3 is 0 Å². The van der Waals surface area contributed by atoms with Crippen LogP contribution >= 0.6 is 0 Å². The Kier molecular flexibility index (Phi) is 3.74. The Morgan fingerprint density at radius 1 is 1.41 bits per heavy atom. The number of amides is 1. The summed E-state index contributed by atoms with van der Waals surface area (Å²) in [6.45, 7) is 3.87. The molecule has 0 bridgehead atoms. The van der Waals surface area contributed by atoms with E-state index in [2.05, 4.69) is 17.6 Å². The van der Waals surface area contributed by atoms with Crippen LogP contribution in [0, 0.1) is 11.7 Å². The second kappa shape index (κ2) is 5.27. The van der Waals surface area contributed by atoms with Gasteiger partial charge in [0.1, 0.15) is 5.82 Å². The number of hydrogen-bond acceptors (Lipinski definition) is 2. The monoisotopic (exact) mass is 236 g/mol. The quantitative estimate of drug-likeness (QED) is 0.818. The molecule has 1 aromatic carbocycles. The number of halogens is 1. The van der Waals surface area contributed by atoms with E-state index in [-0.39, 0.29) is 17.5 Å². The van der Waals surface area contributed by atoms with Crippen molar-refractivity contribution in [3.8, 4) is 0 Å². The Balaban J connectivity index is 1.99. The van der Waals surface area contributed by atoms with E-state index in [1.54, 1.807) is 12.1 Å². The second-order valence-electron chi connectivity index (χ2n) is 4.65. The molecule has 92 valence electrons. The zero-order valence-electron chi connectivity index (χ0n) is 9.87. The molecule has 1 saturated heterocycles. The van der Waals surface area contributed by atoms with Gasteiger partial charge in [-0.3, -0.25) is 4.79 Å². The molecule has 3 nitrogen and oxygen atoms in total. The molecule has 4 heteroatoms. The van der Waals surface area contributed by atoms with Gasteiger partial charge in [0.15, 0.2) is 0 Å². The molecule has 1 aliphatic heterocycles. The average Bonchev–Trinajstić information content (AvgIpc) is 2.29. The van der Waals surface area contributed by atoms with Gasteiger partial charge in [-0.05, 0) is 31.0 Å². The highest BCUT2D eigenvalue weighted by Gasteiger charge is 2.21. The van der Waals surface area contributed by atoms with Crippen molar-refractivity contribution in [1.82, 2.24) is 10.6 Å². The molecule has 1 aromatic rings. The maximum absolute atomic E-state index is 13.4. The van der Waals surface area contributed by atoms with Gasteiger partial charge in [-0.2, -0.15) is 0 Å². The van der Waals surface area contributed by atoms with Crippen molar-refractivity contribution < 1.29 is 9.18 Å². The molecule has 0 aliphatic carbocycles. The molecule has 1 fully saturated rings. The summed E-state index contributed by atoms with van der Waals surface area (Å²) < 4.78 is 13.4. The Morgan fingerprint density at radius 2 is 2.18 bits per heavy atom. The van der Waals surface area contributed by atoms with Crippen molar-refractivity contribution in [2.45, 2.75) is 19.4 Å². The fourth-order valence-electron chi connectivity index (χ4n) is 2.17. The van der Waals surface area contributed by atoms with E-state index in [9.17, 15) is 9.18 Å². The molecule has 0 aromatic heterocycles. The normalized spacial score (nSPS) is 24.4. The van der Waals surface area contributed by atoms with Crippen LogP contribution in [0.5, 0.6) is 0 Å². The summed E-state index contributed by atoms with van der Waals surface area (Å²) in [6.07, 6.45) is 0.938. The van der Waals surface area contributed by atoms with E-state index in [0.717, 1.165) is 19.5 Å². The number of piperidine rings is 1. The van der Waals surface area contributed by atoms with Gasteiger partial charge < -0.3 is 10.6 Å². The Morgan fingerprint density at radius 3 is 2.88 bits per heavy atom. The van der Waals surface area contributed by atoms with Crippen LogP contribution in [0.3, 0.4) is 0 Å². The van der Waals surface area contributed by atoms with Crippen molar-refractivity contribution in [3.05, 3.63) is 35.6 Å². The summed E-state index contributed by atoms with van der Waals surface area (Å²) in [4.78, 5) is 11.9. The van der Waals surface area contributed by atoms with E-state index in [1.807, 2.05) is 0 Å². The lowest BCUT2D eigenvalue weighted by molar-refractivity contribution is 0.0921. The molecule has 0 spiro atoms. The first-order valence-corrected chi connectivity index (χ1v) is 5.93. The van der Waals surface area contributed by atoms with Gasteiger partial charge in [0.2, 0.25) is 0 Å². The van der Waals surface area contributed by atoms with E-state index in [0.29, 0.717) is 5.92 Å². The lowest BCUT2D eigenvalue weighted by Crippen LogP contribution is -2.48. The molecule has 0 radical (unpaired) electrons. The fourth-order valence-corrected chi connectivity index (χ4v) is 2.17. The van der Waals surface area contributed by atoms with Crippen LogP contribution in [0.25, 0.3) is 0 Å². The Hall–Kier alpha value is -1.42. The van der Waals surface area contributed by atoms with Gasteiger partial charge in [0.25, 0.3) is 5.91 Å². The minimum atomic E-state index is -0.471. The van der Waals surface area contributed by atoms with Crippen LogP contribution in [0.4, 0.5) is 4.39 Å². The maximum Gasteiger partial charge on any atom is 0.254 e. The third-order valence-corrected chi connectivity index (χ3v) is 3.02. The average molecular weight is 236 g/mol. The summed E-state index contributed by atoms with van der Waals surface area (Å²) in [5.74, 6) is -0.263. The highest BCUT2D eigenvalue weighted by Crippen LogP contribution is 2.11. The molecule has 2 unspecified atom stereocenters. The largest absolute Gasteiger partial charge is 0.348 e. The van der Waals surface area contributed by atoms with Crippen molar-refractivity contribution in [2.75, 3.05) is 13.1 Å². The van der Waals surface area contributed by atoms with Crippen LogP contribution in [0.15, 0.2) is 24.3 Å². The topological polar surface area (TPSA) is 41.1 Å². The predicted octanol–water partition coefficient (Wildman–Crippen LogP) is 1.55. The Labute approximate surface area is 100 Å². The molecule has 1 heterocycles. The fraction of sp³-hybridized carbons (Fsp3) is 0.462. The highest BCUT2D eigenvalue weighted by molar-refractivity contribution is 5.94. The molecule has 0 saturated carbocycles. The molecular formula is C13H17FN2O.